The van der Waals surface area contributed by atoms with Gasteiger partial charge in [-0.3, -0.25) is 0 Å². The van der Waals surface area contributed by atoms with E-state index >= 15 is 0 Å². The van der Waals surface area contributed by atoms with Crippen LogP contribution in [0.3, 0.4) is 0 Å². The van der Waals surface area contributed by atoms with Crippen LogP contribution in [0, 0.1) is 5.41 Å². The maximum Gasteiger partial charge on any atom is 0.245 e. The van der Waals surface area contributed by atoms with Crippen LogP contribution in [0.1, 0.15) is 25.6 Å². The highest BCUT2D eigenvalue weighted by Gasteiger charge is 2.30. The third-order valence-electron chi connectivity index (χ3n) is 4.13. The normalized spacial score (nSPS) is 18.0. The lowest BCUT2D eigenvalue weighted by molar-refractivity contribution is 0.0157. The van der Waals surface area contributed by atoms with E-state index in [1.807, 2.05) is 0 Å². The van der Waals surface area contributed by atoms with E-state index in [4.69, 9.17) is 21.1 Å². The first-order chi connectivity index (χ1) is 10.2. The summed E-state index contributed by atoms with van der Waals surface area (Å²) in [4.78, 5) is 13.0. The second-order valence-corrected chi connectivity index (χ2v) is 5.99. The zero-order valence-corrected chi connectivity index (χ0v) is 13.1. The van der Waals surface area contributed by atoms with Gasteiger partial charge in [0.1, 0.15) is 12.2 Å². The standard InChI is InChI=1S/C14H19ClN4O2/c1-14(3-5-21-6-4-14)8-19-10(7-15)18-11-12(19)16-9-17-13(11)20-2/h9H,3-8H2,1-2H3. The molecule has 1 saturated heterocycles. The lowest BCUT2D eigenvalue weighted by Gasteiger charge is -2.34. The largest absolute Gasteiger partial charge is 0.479 e. The summed E-state index contributed by atoms with van der Waals surface area (Å²) in [6.07, 6.45) is 3.55. The smallest absolute Gasteiger partial charge is 0.245 e. The van der Waals surface area contributed by atoms with Crippen molar-refractivity contribution in [2.75, 3.05) is 20.3 Å². The third kappa shape index (κ3) is 2.70. The molecule has 0 spiro atoms. The molecule has 114 valence electrons. The van der Waals surface area contributed by atoms with Crippen LogP contribution in [-0.4, -0.2) is 39.8 Å². The van der Waals surface area contributed by atoms with Crippen LogP contribution in [0.25, 0.3) is 11.2 Å². The average Bonchev–Trinajstić information content (AvgIpc) is 2.85. The number of aromatic nitrogens is 4. The van der Waals surface area contributed by atoms with E-state index in [1.54, 1.807) is 7.11 Å². The monoisotopic (exact) mass is 310 g/mol. The second kappa shape index (κ2) is 5.77. The number of methoxy groups -OCH3 is 1. The molecule has 0 unspecified atom stereocenters. The van der Waals surface area contributed by atoms with Crippen LogP contribution in [0.2, 0.25) is 0 Å². The zero-order valence-electron chi connectivity index (χ0n) is 12.3. The van der Waals surface area contributed by atoms with Gasteiger partial charge in [-0.15, -0.1) is 11.6 Å². The van der Waals surface area contributed by atoms with Crippen LogP contribution in [0.4, 0.5) is 0 Å². The van der Waals surface area contributed by atoms with E-state index in [1.165, 1.54) is 6.33 Å². The van der Waals surface area contributed by atoms with E-state index in [-0.39, 0.29) is 5.41 Å². The van der Waals surface area contributed by atoms with Crippen molar-refractivity contribution in [1.29, 1.82) is 0 Å². The minimum Gasteiger partial charge on any atom is -0.479 e. The number of hydrogen-bond donors (Lipinski definition) is 0. The van der Waals surface area contributed by atoms with Gasteiger partial charge in [-0.2, -0.15) is 4.98 Å². The molecule has 2 aromatic heterocycles. The molecule has 6 nitrogen and oxygen atoms in total. The summed E-state index contributed by atoms with van der Waals surface area (Å²) in [6, 6.07) is 0. The Morgan fingerprint density at radius 2 is 2.14 bits per heavy atom. The molecule has 1 aliphatic rings. The molecule has 0 radical (unpaired) electrons. The van der Waals surface area contributed by atoms with E-state index in [0.717, 1.165) is 44.1 Å². The number of hydrogen-bond acceptors (Lipinski definition) is 5. The fourth-order valence-corrected chi connectivity index (χ4v) is 2.99. The molecule has 2 aromatic rings. The first-order valence-electron chi connectivity index (χ1n) is 7.05. The number of rotatable bonds is 4. The maximum atomic E-state index is 6.07. The number of fused-ring (bicyclic) bond motifs is 1. The SMILES string of the molecule is COc1ncnc2c1nc(CCl)n2CC1(C)CCOCC1. The van der Waals surface area contributed by atoms with Crippen molar-refractivity contribution >= 4 is 22.8 Å². The van der Waals surface area contributed by atoms with Gasteiger partial charge in [-0.25, -0.2) is 9.97 Å². The predicted octanol–water partition coefficient (Wildman–Crippen LogP) is 2.39. The van der Waals surface area contributed by atoms with Gasteiger partial charge < -0.3 is 14.0 Å². The van der Waals surface area contributed by atoms with E-state index in [2.05, 4.69) is 26.4 Å². The summed E-state index contributed by atoms with van der Waals surface area (Å²) in [6.45, 7) is 4.71. The number of imidazole rings is 1. The minimum absolute atomic E-state index is 0.172. The van der Waals surface area contributed by atoms with E-state index < -0.39 is 0 Å². The fourth-order valence-electron chi connectivity index (χ4n) is 2.78. The van der Waals surface area contributed by atoms with Crippen molar-refractivity contribution in [3.05, 3.63) is 12.2 Å². The molecule has 0 atom stereocenters. The van der Waals surface area contributed by atoms with E-state index in [9.17, 15) is 0 Å². The Labute approximate surface area is 128 Å². The summed E-state index contributed by atoms with van der Waals surface area (Å²) in [5.74, 6) is 1.63. The fraction of sp³-hybridized carbons (Fsp3) is 0.643. The van der Waals surface area contributed by atoms with Crippen LogP contribution < -0.4 is 4.74 Å². The summed E-state index contributed by atoms with van der Waals surface area (Å²) < 4.78 is 12.8. The van der Waals surface area contributed by atoms with E-state index in [0.29, 0.717) is 17.3 Å². The van der Waals surface area contributed by atoms with Gasteiger partial charge in [0.15, 0.2) is 11.2 Å². The summed E-state index contributed by atoms with van der Waals surface area (Å²) in [5.41, 5.74) is 1.63. The van der Waals surface area contributed by atoms with Gasteiger partial charge in [0.2, 0.25) is 5.88 Å². The molecule has 0 bridgehead atoms. The zero-order chi connectivity index (χ0) is 14.9. The molecule has 1 fully saturated rings. The Morgan fingerprint density at radius 1 is 1.38 bits per heavy atom. The Hall–Kier alpha value is -1.40. The van der Waals surface area contributed by atoms with Crippen molar-refractivity contribution in [2.45, 2.75) is 32.2 Å². The predicted molar refractivity (Wildman–Crippen MR) is 79.6 cm³/mol. The second-order valence-electron chi connectivity index (χ2n) is 5.73. The van der Waals surface area contributed by atoms with Gasteiger partial charge >= 0.3 is 0 Å². The van der Waals surface area contributed by atoms with Crippen LogP contribution in [-0.2, 0) is 17.2 Å². The minimum atomic E-state index is 0.172. The Kier molecular flexibility index (Phi) is 3.99. The Balaban J connectivity index is 2.04. The highest BCUT2D eigenvalue weighted by atomic mass is 35.5. The Morgan fingerprint density at radius 3 is 2.81 bits per heavy atom. The highest BCUT2D eigenvalue weighted by Crippen LogP contribution is 2.34. The number of ether oxygens (including phenoxy) is 2. The molecule has 7 heteroatoms. The molecule has 0 amide bonds. The summed E-state index contributed by atoms with van der Waals surface area (Å²) in [7, 11) is 1.58. The van der Waals surface area contributed by atoms with Crippen LogP contribution in [0.5, 0.6) is 5.88 Å². The molecule has 0 N–H and O–H groups in total. The van der Waals surface area contributed by atoms with Crippen molar-refractivity contribution < 1.29 is 9.47 Å². The number of halogens is 1. The van der Waals surface area contributed by atoms with Gasteiger partial charge in [0.05, 0.1) is 13.0 Å². The average molecular weight is 311 g/mol. The highest BCUT2D eigenvalue weighted by molar-refractivity contribution is 6.16. The lowest BCUT2D eigenvalue weighted by atomic mass is 9.82. The molecule has 21 heavy (non-hydrogen) atoms. The van der Waals surface area contributed by atoms with Gasteiger partial charge in [0, 0.05) is 19.8 Å². The van der Waals surface area contributed by atoms with Crippen LogP contribution in [0.15, 0.2) is 6.33 Å². The first-order valence-corrected chi connectivity index (χ1v) is 7.58. The Bertz CT molecular complexity index is 637. The summed E-state index contributed by atoms with van der Waals surface area (Å²) >= 11 is 6.07. The van der Waals surface area contributed by atoms with Crippen molar-refractivity contribution in [3.8, 4) is 5.88 Å². The lowest BCUT2D eigenvalue weighted by Crippen LogP contribution is -2.31. The van der Waals surface area contributed by atoms with Crippen molar-refractivity contribution in [1.82, 2.24) is 19.5 Å². The van der Waals surface area contributed by atoms with Gasteiger partial charge in [-0.1, -0.05) is 6.92 Å². The van der Waals surface area contributed by atoms with Gasteiger partial charge in [-0.05, 0) is 18.3 Å². The first kappa shape index (κ1) is 14.5. The molecule has 3 rings (SSSR count). The molecule has 0 saturated carbocycles. The molecular formula is C14H19ClN4O2. The van der Waals surface area contributed by atoms with Crippen LogP contribution >= 0.6 is 11.6 Å². The maximum absolute atomic E-state index is 6.07. The summed E-state index contributed by atoms with van der Waals surface area (Å²) in [5, 5.41) is 0. The van der Waals surface area contributed by atoms with Gasteiger partial charge in [0.25, 0.3) is 0 Å². The molecule has 1 aliphatic heterocycles. The molecule has 3 heterocycles. The molecular weight excluding hydrogens is 292 g/mol. The molecule has 0 aliphatic carbocycles. The topological polar surface area (TPSA) is 62.1 Å². The number of alkyl halides is 1. The quantitative estimate of drug-likeness (QED) is 0.811. The number of nitrogens with zero attached hydrogens (tertiary/aromatic N) is 4. The van der Waals surface area contributed by atoms with Crippen molar-refractivity contribution in [2.24, 2.45) is 5.41 Å². The van der Waals surface area contributed by atoms with Crippen molar-refractivity contribution in [3.63, 3.8) is 0 Å². The third-order valence-corrected chi connectivity index (χ3v) is 4.37. The molecule has 0 aromatic carbocycles.